The van der Waals surface area contributed by atoms with Gasteiger partial charge in [0.25, 0.3) is 0 Å². The van der Waals surface area contributed by atoms with Gasteiger partial charge in [-0.1, -0.05) is 6.07 Å². The fraction of sp³-hybridized carbons (Fsp3) is 0.211. The molecular weight excluding hydrogens is 339 g/mol. The van der Waals surface area contributed by atoms with Crippen LogP contribution in [-0.4, -0.2) is 24.9 Å². The van der Waals surface area contributed by atoms with E-state index < -0.39 is 29.0 Å². The number of hydrogen-bond acceptors (Lipinski definition) is 4. The second-order valence-electron chi connectivity index (χ2n) is 6.07. The Balaban J connectivity index is 1.70. The summed E-state index contributed by atoms with van der Waals surface area (Å²) in [6, 6.07) is 11.6. The number of anilines is 2. The van der Waals surface area contributed by atoms with Gasteiger partial charge >= 0.3 is 5.97 Å². The van der Waals surface area contributed by atoms with Crippen molar-refractivity contribution in [3.8, 4) is 0 Å². The van der Waals surface area contributed by atoms with E-state index in [9.17, 15) is 18.8 Å². The second-order valence-corrected chi connectivity index (χ2v) is 6.07. The zero-order valence-electron chi connectivity index (χ0n) is 14.0. The molecule has 0 spiro atoms. The van der Waals surface area contributed by atoms with E-state index in [1.54, 1.807) is 18.2 Å². The molecule has 1 saturated carbocycles. The van der Waals surface area contributed by atoms with Crippen molar-refractivity contribution in [2.45, 2.75) is 12.8 Å². The Morgan fingerprint density at radius 3 is 2.15 bits per heavy atom. The Morgan fingerprint density at radius 2 is 1.58 bits per heavy atom. The first-order valence-electron chi connectivity index (χ1n) is 8.01. The molecule has 2 N–H and O–H groups in total. The number of rotatable bonds is 5. The lowest BCUT2D eigenvalue weighted by atomic mass is 10.0. The lowest BCUT2D eigenvalue weighted by Gasteiger charge is -2.16. The third-order valence-electron chi connectivity index (χ3n) is 4.26. The van der Waals surface area contributed by atoms with Gasteiger partial charge in [0.1, 0.15) is 11.2 Å². The van der Waals surface area contributed by atoms with E-state index in [4.69, 9.17) is 0 Å². The maximum atomic E-state index is 12.9. The minimum Gasteiger partial charge on any atom is -0.465 e. The lowest BCUT2D eigenvalue weighted by molar-refractivity contribution is -0.131. The molecule has 0 atom stereocenters. The fourth-order valence-corrected chi connectivity index (χ4v) is 2.56. The summed E-state index contributed by atoms with van der Waals surface area (Å²) in [5, 5.41) is 5.31. The van der Waals surface area contributed by atoms with Gasteiger partial charge in [-0.3, -0.25) is 9.59 Å². The van der Waals surface area contributed by atoms with E-state index in [-0.39, 0.29) is 0 Å². The normalized spacial score (nSPS) is 14.2. The van der Waals surface area contributed by atoms with Crippen molar-refractivity contribution in [1.82, 2.24) is 0 Å². The Morgan fingerprint density at radius 1 is 0.962 bits per heavy atom. The molecule has 0 radical (unpaired) electrons. The number of nitrogens with one attached hydrogen (secondary N) is 2. The number of amides is 2. The molecule has 0 aromatic heterocycles. The molecule has 0 aliphatic heterocycles. The van der Waals surface area contributed by atoms with Gasteiger partial charge in [-0.25, -0.2) is 9.18 Å². The van der Waals surface area contributed by atoms with Crippen LogP contribution in [0.2, 0.25) is 0 Å². The van der Waals surface area contributed by atoms with Crippen molar-refractivity contribution < 1.29 is 23.5 Å². The topological polar surface area (TPSA) is 84.5 Å². The summed E-state index contributed by atoms with van der Waals surface area (Å²) in [7, 11) is 1.27. The molecule has 0 heterocycles. The molecule has 26 heavy (non-hydrogen) atoms. The molecule has 2 aromatic carbocycles. The molecule has 1 aliphatic carbocycles. The van der Waals surface area contributed by atoms with E-state index in [0.717, 1.165) is 0 Å². The van der Waals surface area contributed by atoms with Crippen LogP contribution in [0.3, 0.4) is 0 Å². The molecule has 7 heteroatoms. The Kier molecular flexibility index (Phi) is 4.71. The number of carbonyl (C=O) groups is 3. The highest BCUT2D eigenvalue weighted by atomic mass is 19.1. The van der Waals surface area contributed by atoms with Crippen LogP contribution in [0.15, 0.2) is 48.5 Å². The second kappa shape index (κ2) is 6.95. The van der Waals surface area contributed by atoms with Gasteiger partial charge in [-0.15, -0.1) is 0 Å². The Bertz CT molecular complexity index is 860. The molecule has 1 aliphatic rings. The SMILES string of the molecule is COC(=O)c1cccc(NC(=O)C2(C(=O)Nc3ccc(F)cc3)CC2)c1. The minimum absolute atomic E-state index is 0.297. The smallest absolute Gasteiger partial charge is 0.337 e. The number of esters is 1. The number of halogens is 1. The average molecular weight is 356 g/mol. The van der Waals surface area contributed by atoms with E-state index in [1.807, 2.05) is 0 Å². The standard InChI is InChI=1S/C19H17FN2O4/c1-26-16(23)12-3-2-4-15(11-12)22-18(25)19(9-10-19)17(24)21-14-7-5-13(20)6-8-14/h2-8,11H,9-10H2,1H3,(H,21,24)(H,22,25). The first-order valence-corrected chi connectivity index (χ1v) is 8.01. The molecule has 134 valence electrons. The molecule has 2 aromatic rings. The van der Waals surface area contributed by atoms with Gasteiger partial charge in [-0.2, -0.15) is 0 Å². The molecule has 0 saturated heterocycles. The van der Waals surface area contributed by atoms with Crippen molar-refractivity contribution in [2.75, 3.05) is 17.7 Å². The van der Waals surface area contributed by atoms with Crippen molar-refractivity contribution >= 4 is 29.2 Å². The maximum absolute atomic E-state index is 12.9. The molecule has 0 unspecified atom stereocenters. The van der Waals surface area contributed by atoms with Gasteiger partial charge in [0.15, 0.2) is 0 Å². The van der Waals surface area contributed by atoms with E-state index in [2.05, 4.69) is 15.4 Å². The zero-order chi connectivity index (χ0) is 18.7. The summed E-state index contributed by atoms with van der Waals surface area (Å²) < 4.78 is 17.6. The highest BCUT2D eigenvalue weighted by Gasteiger charge is 2.56. The fourth-order valence-electron chi connectivity index (χ4n) is 2.56. The highest BCUT2D eigenvalue weighted by molar-refractivity contribution is 6.17. The molecule has 2 amide bonds. The van der Waals surface area contributed by atoms with Crippen molar-refractivity contribution in [2.24, 2.45) is 5.41 Å². The number of ether oxygens (including phenoxy) is 1. The maximum Gasteiger partial charge on any atom is 0.337 e. The summed E-state index contributed by atoms with van der Waals surface area (Å²) in [6.07, 6.45) is 0.838. The highest BCUT2D eigenvalue weighted by Crippen LogP contribution is 2.47. The third kappa shape index (κ3) is 3.56. The number of methoxy groups -OCH3 is 1. The van der Waals surface area contributed by atoms with Crippen molar-refractivity contribution in [3.63, 3.8) is 0 Å². The average Bonchev–Trinajstić information content (AvgIpc) is 3.45. The predicted octanol–water partition coefficient (Wildman–Crippen LogP) is 2.97. The van der Waals surface area contributed by atoms with Crippen LogP contribution in [0.1, 0.15) is 23.2 Å². The van der Waals surface area contributed by atoms with Crippen LogP contribution >= 0.6 is 0 Å². The molecule has 3 rings (SSSR count). The number of carbonyl (C=O) groups excluding carboxylic acids is 3. The van der Waals surface area contributed by atoms with Gasteiger partial charge < -0.3 is 15.4 Å². The van der Waals surface area contributed by atoms with Crippen molar-refractivity contribution in [3.05, 3.63) is 59.9 Å². The summed E-state index contributed by atoms with van der Waals surface area (Å²) in [4.78, 5) is 36.7. The van der Waals surface area contributed by atoms with Crippen LogP contribution in [0, 0.1) is 11.2 Å². The van der Waals surface area contributed by atoms with Crippen LogP contribution < -0.4 is 10.6 Å². The van der Waals surface area contributed by atoms with Crippen LogP contribution in [0.4, 0.5) is 15.8 Å². The van der Waals surface area contributed by atoms with Gasteiger partial charge in [-0.05, 0) is 55.3 Å². The van der Waals surface area contributed by atoms with Crippen molar-refractivity contribution in [1.29, 1.82) is 0 Å². The zero-order valence-corrected chi connectivity index (χ0v) is 14.0. The quantitative estimate of drug-likeness (QED) is 0.637. The predicted molar refractivity (Wildman–Crippen MR) is 93.1 cm³/mol. The third-order valence-corrected chi connectivity index (χ3v) is 4.26. The van der Waals surface area contributed by atoms with Gasteiger partial charge in [0, 0.05) is 11.4 Å². The van der Waals surface area contributed by atoms with Crippen LogP contribution in [0.5, 0.6) is 0 Å². The first kappa shape index (κ1) is 17.6. The molecule has 6 nitrogen and oxygen atoms in total. The monoisotopic (exact) mass is 356 g/mol. The summed E-state index contributed by atoms with van der Waals surface area (Å²) in [5.41, 5.74) is -0.0387. The van der Waals surface area contributed by atoms with Crippen LogP contribution in [0.25, 0.3) is 0 Å². The Hall–Kier alpha value is -3.22. The minimum atomic E-state index is -1.16. The molecular formula is C19H17FN2O4. The van der Waals surface area contributed by atoms with E-state index >= 15 is 0 Å². The van der Waals surface area contributed by atoms with Crippen LogP contribution in [-0.2, 0) is 14.3 Å². The largest absolute Gasteiger partial charge is 0.465 e. The lowest BCUT2D eigenvalue weighted by Crippen LogP contribution is -2.35. The summed E-state index contributed by atoms with van der Waals surface area (Å²) >= 11 is 0. The number of benzene rings is 2. The number of hydrogen-bond donors (Lipinski definition) is 2. The summed E-state index contributed by atoms with van der Waals surface area (Å²) in [5.74, 6) is -1.81. The summed E-state index contributed by atoms with van der Waals surface area (Å²) in [6.45, 7) is 0. The van der Waals surface area contributed by atoms with E-state index in [1.165, 1.54) is 37.4 Å². The molecule has 1 fully saturated rings. The Labute approximate surface area is 149 Å². The van der Waals surface area contributed by atoms with E-state index in [0.29, 0.717) is 29.8 Å². The molecule has 0 bridgehead atoms. The van der Waals surface area contributed by atoms with Gasteiger partial charge in [0.2, 0.25) is 11.8 Å². The van der Waals surface area contributed by atoms with Gasteiger partial charge in [0.05, 0.1) is 12.7 Å². The first-order chi connectivity index (χ1) is 12.4.